The van der Waals surface area contributed by atoms with Gasteiger partial charge in [0.1, 0.15) is 11.6 Å². The summed E-state index contributed by atoms with van der Waals surface area (Å²) in [6.07, 6.45) is 5.59. The average molecular weight is 1840 g/mol. The molecule has 0 radical (unpaired) electrons. The number of hydrogen-bond acceptors (Lipinski definition) is 6. The summed E-state index contributed by atoms with van der Waals surface area (Å²) in [4.78, 5) is 23.4. The van der Waals surface area contributed by atoms with E-state index in [1.165, 1.54) is 143 Å². The number of benzene rings is 16. The number of nitro groups is 1. The Morgan fingerprint density at radius 2 is 0.809 bits per heavy atom. The molecular weight excluding hydrogens is 1720 g/mol. The zero-order chi connectivity index (χ0) is 95.9. The Hall–Kier alpha value is -14.2. The lowest BCUT2D eigenvalue weighted by molar-refractivity contribution is -0.384. The third kappa shape index (κ3) is 38.0. The maximum atomic E-state index is 12.7. The maximum absolute atomic E-state index is 12.7. The molecular formula is C115H115BrClF5N6O3. The van der Waals surface area contributed by atoms with Crippen LogP contribution in [-0.4, -0.2) is 40.7 Å². The molecule has 0 saturated heterocycles. The van der Waals surface area contributed by atoms with E-state index in [0.29, 0.717) is 5.69 Å². The van der Waals surface area contributed by atoms with Crippen LogP contribution in [0.3, 0.4) is 0 Å². The van der Waals surface area contributed by atoms with Crippen LogP contribution in [0.25, 0.3) is 59.2 Å². The molecule has 0 amide bonds. The molecule has 0 N–H and O–H groups in total. The molecule has 18 aromatic rings. The molecule has 16 aromatic carbocycles. The summed E-state index contributed by atoms with van der Waals surface area (Å²) in [5.74, 6) is -5.42. The lowest BCUT2D eigenvalue weighted by atomic mass is 10.0. The quantitative estimate of drug-likeness (QED) is 0.0435. The van der Waals surface area contributed by atoms with Crippen LogP contribution in [0.4, 0.5) is 39.0 Å². The highest BCUT2D eigenvalue weighted by molar-refractivity contribution is 9.10. The summed E-state index contributed by atoms with van der Waals surface area (Å²) in [5.41, 5.74) is 20.2. The highest BCUT2D eigenvalue weighted by Gasteiger charge is 2.20. The Bertz CT molecular complexity index is 6130. The first kappa shape index (κ1) is 106. The van der Waals surface area contributed by atoms with Crippen LogP contribution in [0.15, 0.2) is 375 Å². The molecule has 2 aromatic heterocycles. The number of ether oxygens (including phenoxy) is 1. The summed E-state index contributed by atoms with van der Waals surface area (Å²) < 4.78 is 70.3. The lowest BCUT2D eigenvalue weighted by Gasteiger charge is -2.15. The summed E-state index contributed by atoms with van der Waals surface area (Å²) in [7, 11) is 7.79. The van der Waals surface area contributed by atoms with Gasteiger partial charge in [-0.1, -0.05) is 351 Å². The van der Waals surface area contributed by atoms with Crippen LogP contribution < -0.4 is 9.64 Å². The number of anilines is 1. The van der Waals surface area contributed by atoms with Crippen molar-refractivity contribution in [2.24, 2.45) is 7.05 Å². The Kier molecular flexibility index (Phi) is 45.3. The van der Waals surface area contributed by atoms with Gasteiger partial charge in [0.2, 0.25) is 0 Å². The van der Waals surface area contributed by atoms with Crippen LogP contribution in [0.1, 0.15) is 78.0 Å². The van der Waals surface area contributed by atoms with Gasteiger partial charge >= 0.3 is 0 Å². The van der Waals surface area contributed by atoms with Crippen LogP contribution >= 0.6 is 27.5 Å². The van der Waals surface area contributed by atoms with Crippen LogP contribution in [0, 0.1) is 143 Å². The molecule has 18 rings (SSSR count). The van der Waals surface area contributed by atoms with Crippen molar-refractivity contribution < 1.29 is 31.6 Å². The number of imidazole rings is 1. The van der Waals surface area contributed by atoms with Crippen molar-refractivity contribution in [2.45, 2.75) is 96.9 Å². The predicted molar refractivity (Wildman–Crippen MR) is 546 cm³/mol. The van der Waals surface area contributed by atoms with E-state index in [1.54, 1.807) is 37.7 Å². The van der Waals surface area contributed by atoms with E-state index < -0.39 is 28.2 Å². The van der Waals surface area contributed by atoms with Crippen LogP contribution in [-0.2, 0) is 7.05 Å². The number of aryl methyl sites for hydroxylation is 13. The minimum absolute atomic E-state index is 0.144. The second kappa shape index (κ2) is 56.2. The van der Waals surface area contributed by atoms with Gasteiger partial charge in [-0.05, 0) is 223 Å². The highest BCUT2D eigenvalue weighted by atomic mass is 79.9. The predicted octanol–water partition coefficient (Wildman–Crippen LogP) is 33.3. The van der Waals surface area contributed by atoms with E-state index in [1.807, 2.05) is 156 Å². The summed E-state index contributed by atoms with van der Waals surface area (Å²) in [6, 6.07) is 116. The van der Waals surface area contributed by atoms with Crippen molar-refractivity contribution in [1.29, 1.82) is 0 Å². The Morgan fingerprint density at radius 3 is 1.27 bits per heavy atom. The van der Waals surface area contributed by atoms with Gasteiger partial charge in [0.25, 0.3) is 5.69 Å². The van der Waals surface area contributed by atoms with E-state index in [9.17, 15) is 32.1 Å². The fraction of sp³-hybridized carbons (Fsp3) is 0.157. The monoisotopic (exact) mass is 1840 g/mol. The molecule has 16 heteroatoms. The largest absolute Gasteiger partial charge is 0.497 e. The standard InChI is InChI=1S/C13H15N.C13H12.2C11H10.C10H9N.C8H6F4.C8H7N.C8H10O.C7H7Br.C7H7Cl.C7H7F.C7H7NO2.C5H8N2/c1-10-6-4-8-12-11(10)7-5-9-13(12)14(2)3;1-11-7-9-13(10-8-11)12-5-3-2-4-6-12;1-9-5-4-7-10-6-2-3-8-11(9)10;1-9-6-7-10-4-2-3-5-11(10)8-9;1-8-4-2-5-9-6-3-7-11-10(8)9;1-3-4(2)6(10)8(12)7(11)5(3)9;2*1-7-3-5-8(9-2)6-4-7;3*1-6-2-4-7(8)5-3-6;1-6-2-4-7(5-3-6)8(9)10;1-5-3-7(2)4-6-5/h4-9H,1-3H3;2-10H,1H3;2*2-8H,1H3;2-7H,1H3;1-2H3;3-6H,1H3;3-6H,1-2H3;3*2-5H,1H3;2-5H,1H3;3-4H,1-2H3. The number of nitrogens with zero attached hydrogens (tertiary/aromatic N) is 6. The molecule has 0 unspecified atom stereocenters. The van der Waals surface area contributed by atoms with Gasteiger partial charge < -0.3 is 14.2 Å². The van der Waals surface area contributed by atoms with Crippen molar-refractivity contribution in [3.8, 4) is 16.9 Å². The molecule has 672 valence electrons. The summed E-state index contributed by atoms with van der Waals surface area (Å²) in [6.45, 7) is 33.6. The van der Waals surface area contributed by atoms with E-state index in [2.05, 4.69) is 304 Å². The molecule has 0 spiro atoms. The molecule has 0 aliphatic carbocycles. The van der Waals surface area contributed by atoms with Gasteiger partial charge in [-0.3, -0.25) is 15.1 Å². The molecule has 0 saturated carbocycles. The molecule has 9 nitrogen and oxygen atoms in total. The molecule has 0 aliphatic heterocycles. The topological polar surface area (TPSA) is 90.7 Å². The van der Waals surface area contributed by atoms with Crippen LogP contribution in [0.5, 0.6) is 5.75 Å². The molecule has 0 aliphatic rings. The SMILES string of the molecule is COc1ccc(C)cc1.Cc1c(C)c(F)c(F)c(F)c1F.Cc1ccc(-c2ccccc2)cc1.Cc1ccc(Br)cc1.Cc1ccc(Cl)cc1.Cc1ccc(F)cc1.Cc1ccc([N+](=O)[O-])cc1.Cc1ccc2ccccc2c1.Cc1cccc2c(N(C)C)cccc12.Cc1cccc2ccccc12.Cc1cccc2cccnc12.Cc1cn(C)cn1.[C-]#[N+]c1ccc(C)cc1. The number of nitro benzene ring substituents is 1. The minimum Gasteiger partial charge on any atom is -0.497 e. The number of fused-ring (bicyclic) bond motifs is 4. The van der Waals surface area contributed by atoms with E-state index in [4.69, 9.17) is 22.9 Å². The molecule has 131 heavy (non-hydrogen) atoms. The van der Waals surface area contributed by atoms with Crippen molar-refractivity contribution in [3.05, 3.63) is 509 Å². The Labute approximate surface area is 784 Å². The first-order valence-corrected chi connectivity index (χ1v) is 43.5. The third-order valence-corrected chi connectivity index (χ3v) is 20.6. The van der Waals surface area contributed by atoms with E-state index >= 15 is 0 Å². The fourth-order valence-electron chi connectivity index (χ4n) is 12.1. The zero-order valence-electron chi connectivity index (χ0n) is 77.8. The summed E-state index contributed by atoms with van der Waals surface area (Å²) >= 11 is 8.96. The number of non-ortho nitro benzene ring substituents is 1. The van der Waals surface area contributed by atoms with Gasteiger partial charge in [-0.15, -0.1) is 0 Å². The smallest absolute Gasteiger partial charge is 0.269 e. The second-order valence-corrected chi connectivity index (χ2v) is 32.4. The highest BCUT2D eigenvalue weighted by Crippen LogP contribution is 2.29. The van der Waals surface area contributed by atoms with Crippen molar-refractivity contribution >= 4 is 87.8 Å². The van der Waals surface area contributed by atoms with Gasteiger partial charge in [0.15, 0.2) is 29.0 Å². The number of hydrogen-bond donors (Lipinski definition) is 0. The summed E-state index contributed by atoms with van der Waals surface area (Å²) in [5, 5.41) is 20.1. The van der Waals surface area contributed by atoms with Crippen molar-refractivity contribution in [1.82, 2.24) is 14.5 Å². The first-order chi connectivity index (χ1) is 62.6. The molecule has 0 atom stereocenters. The zero-order valence-corrected chi connectivity index (χ0v) is 80.1. The van der Waals surface area contributed by atoms with Gasteiger partial charge in [0.05, 0.1) is 36.1 Å². The second-order valence-electron chi connectivity index (χ2n) is 31.0. The molecule has 0 fully saturated rings. The number of methoxy groups -OCH3 is 1. The van der Waals surface area contributed by atoms with E-state index in [-0.39, 0.29) is 22.6 Å². The van der Waals surface area contributed by atoms with Gasteiger partial charge in [-0.2, -0.15) is 0 Å². The van der Waals surface area contributed by atoms with Gasteiger partial charge in [0, 0.05) is 71.6 Å². The maximum Gasteiger partial charge on any atom is 0.269 e. The van der Waals surface area contributed by atoms with Crippen molar-refractivity contribution in [2.75, 3.05) is 26.1 Å². The number of rotatable bonds is 4. The molecule has 0 bridgehead atoms. The van der Waals surface area contributed by atoms with Crippen LogP contribution in [0.2, 0.25) is 5.02 Å². The Balaban J connectivity index is 0.000000219. The Morgan fingerprint density at radius 1 is 0.405 bits per heavy atom. The fourth-order valence-corrected chi connectivity index (χ4v) is 12.5. The average Bonchev–Trinajstić information content (AvgIpc) is 1.27. The van der Waals surface area contributed by atoms with E-state index in [0.717, 1.165) is 37.6 Å². The number of aromatic nitrogens is 3. The number of para-hydroxylation sites is 1. The van der Waals surface area contributed by atoms with Crippen molar-refractivity contribution in [3.63, 3.8) is 0 Å². The first-order valence-electron chi connectivity index (χ1n) is 42.3. The number of pyridine rings is 1. The van der Waals surface area contributed by atoms with Gasteiger partial charge in [-0.25, -0.2) is 31.8 Å². The minimum atomic E-state index is -1.75. The molecule has 2 heterocycles. The normalized spacial score (nSPS) is 9.77. The lowest BCUT2D eigenvalue weighted by Crippen LogP contribution is -2.08. The third-order valence-electron chi connectivity index (χ3n) is 19.8. The number of halogens is 7.